The Morgan fingerprint density at radius 3 is 2.67 bits per heavy atom. The molecule has 15 heavy (non-hydrogen) atoms. The number of hydrogen-bond acceptors (Lipinski definition) is 3. The fraction of sp³-hybridized carbons (Fsp3) is 0.0909. The molecule has 0 radical (unpaired) electrons. The van der Waals surface area contributed by atoms with Gasteiger partial charge in [0.15, 0.2) is 0 Å². The smallest absolute Gasteiger partial charge is 0.130 e. The molecule has 2 rings (SSSR count). The van der Waals surface area contributed by atoms with Gasteiger partial charge in [-0.15, -0.1) is 0 Å². The molecule has 1 N–H and O–H groups in total. The summed E-state index contributed by atoms with van der Waals surface area (Å²) in [5, 5.41) is 3.22. The zero-order valence-corrected chi connectivity index (χ0v) is 9.61. The van der Waals surface area contributed by atoms with E-state index in [1.54, 1.807) is 0 Å². The van der Waals surface area contributed by atoms with Crippen molar-refractivity contribution in [2.75, 3.05) is 5.32 Å². The van der Waals surface area contributed by atoms with E-state index in [9.17, 15) is 0 Å². The maximum atomic E-state index is 4.10. The molecule has 0 fully saturated rings. The minimum Gasteiger partial charge on any atom is -0.366 e. The minimum atomic E-state index is 0.768. The van der Waals surface area contributed by atoms with Crippen LogP contribution in [0.4, 0.5) is 5.82 Å². The molecule has 4 heteroatoms. The van der Waals surface area contributed by atoms with Crippen molar-refractivity contribution < 1.29 is 0 Å². The van der Waals surface area contributed by atoms with Crippen molar-refractivity contribution >= 4 is 21.7 Å². The molecule has 0 aliphatic heterocycles. The Hall–Kier alpha value is -1.42. The first-order valence-electron chi connectivity index (χ1n) is 4.60. The largest absolute Gasteiger partial charge is 0.366 e. The van der Waals surface area contributed by atoms with Crippen LogP contribution < -0.4 is 5.32 Å². The van der Waals surface area contributed by atoms with Crippen LogP contribution in [0.5, 0.6) is 0 Å². The summed E-state index contributed by atoms with van der Waals surface area (Å²) in [6, 6.07) is 12.0. The third kappa shape index (κ3) is 3.02. The number of hydrogen-bond donors (Lipinski definition) is 1. The van der Waals surface area contributed by atoms with Crippen LogP contribution in [0.1, 0.15) is 5.56 Å². The molecule has 0 saturated heterocycles. The second-order valence-electron chi connectivity index (χ2n) is 3.07. The average molecular weight is 264 g/mol. The van der Waals surface area contributed by atoms with Gasteiger partial charge in [-0.05, 0) is 21.5 Å². The van der Waals surface area contributed by atoms with Gasteiger partial charge in [0.1, 0.15) is 16.7 Å². The lowest BCUT2D eigenvalue weighted by Crippen LogP contribution is -2.01. The number of rotatable bonds is 3. The molecule has 0 aliphatic rings. The lowest BCUT2D eigenvalue weighted by molar-refractivity contribution is 1.07. The Bertz CT molecular complexity index is 431. The molecule has 0 amide bonds. The molecule has 1 aromatic heterocycles. The maximum Gasteiger partial charge on any atom is 0.130 e. The number of nitrogens with zero attached hydrogens (tertiary/aromatic N) is 2. The van der Waals surface area contributed by atoms with Gasteiger partial charge in [0.05, 0.1) is 0 Å². The summed E-state index contributed by atoms with van der Waals surface area (Å²) in [4.78, 5) is 8.06. The summed E-state index contributed by atoms with van der Waals surface area (Å²) in [6.07, 6.45) is 1.53. The van der Waals surface area contributed by atoms with E-state index in [1.165, 1.54) is 11.9 Å². The Kier molecular flexibility index (Phi) is 3.29. The average Bonchev–Trinajstić information content (AvgIpc) is 2.28. The molecule has 0 spiro atoms. The number of nitrogens with one attached hydrogen (secondary N) is 1. The van der Waals surface area contributed by atoms with Crippen molar-refractivity contribution in [1.82, 2.24) is 9.97 Å². The molecule has 0 bridgehead atoms. The maximum absolute atomic E-state index is 4.10. The fourth-order valence-corrected chi connectivity index (χ4v) is 1.53. The van der Waals surface area contributed by atoms with Crippen LogP contribution in [0.3, 0.4) is 0 Å². The standard InChI is InChI=1S/C11H10BrN3/c12-10-6-11(15-8-14-10)13-7-9-4-2-1-3-5-9/h1-6,8H,7H2,(H,13,14,15). The topological polar surface area (TPSA) is 37.8 Å². The highest BCUT2D eigenvalue weighted by atomic mass is 79.9. The van der Waals surface area contributed by atoms with Crippen LogP contribution in [-0.2, 0) is 6.54 Å². The summed E-state index contributed by atoms with van der Waals surface area (Å²) < 4.78 is 0.785. The van der Waals surface area contributed by atoms with Gasteiger partial charge < -0.3 is 5.32 Å². The van der Waals surface area contributed by atoms with E-state index in [0.29, 0.717) is 0 Å². The molecule has 3 nitrogen and oxygen atoms in total. The SMILES string of the molecule is Brc1cc(NCc2ccccc2)ncn1. The van der Waals surface area contributed by atoms with E-state index in [4.69, 9.17) is 0 Å². The van der Waals surface area contributed by atoms with E-state index in [0.717, 1.165) is 17.0 Å². The third-order valence-electron chi connectivity index (χ3n) is 1.95. The lowest BCUT2D eigenvalue weighted by atomic mass is 10.2. The Morgan fingerprint density at radius 2 is 1.93 bits per heavy atom. The van der Waals surface area contributed by atoms with E-state index < -0.39 is 0 Å². The monoisotopic (exact) mass is 263 g/mol. The first kappa shape index (κ1) is 10.1. The second kappa shape index (κ2) is 4.89. The van der Waals surface area contributed by atoms with Crippen LogP contribution in [0.15, 0.2) is 47.3 Å². The molecule has 76 valence electrons. The second-order valence-corrected chi connectivity index (χ2v) is 3.88. The molecular weight excluding hydrogens is 254 g/mol. The predicted molar refractivity (Wildman–Crippen MR) is 63.5 cm³/mol. The highest BCUT2D eigenvalue weighted by molar-refractivity contribution is 9.10. The summed E-state index contributed by atoms with van der Waals surface area (Å²) >= 11 is 3.30. The van der Waals surface area contributed by atoms with E-state index in [2.05, 4.69) is 43.3 Å². The Morgan fingerprint density at radius 1 is 1.13 bits per heavy atom. The van der Waals surface area contributed by atoms with Crippen molar-refractivity contribution in [1.29, 1.82) is 0 Å². The van der Waals surface area contributed by atoms with Crippen molar-refractivity contribution in [2.45, 2.75) is 6.54 Å². The Balaban J connectivity index is 1.99. The van der Waals surface area contributed by atoms with Crippen molar-refractivity contribution in [3.05, 3.63) is 52.9 Å². The molecule has 0 atom stereocenters. The van der Waals surface area contributed by atoms with Crippen LogP contribution in [0.2, 0.25) is 0 Å². The summed E-state index contributed by atoms with van der Waals surface area (Å²) in [5.74, 6) is 0.820. The molecule has 2 aromatic rings. The fourth-order valence-electron chi connectivity index (χ4n) is 1.22. The summed E-state index contributed by atoms with van der Waals surface area (Å²) in [7, 11) is 0. The highest BCUT2D eigenvalue weighted by Gasteiger charge is 1.95. The van der Waals surface area contributed by atoms with Crippen molar-refractivity contribution in [3.8, 4) is 0 Å². The Labute approximate surface area is 96.7 Å². The van der Waals surface area contributed by atoms with Gasteiger partial charge in [-0.1, -0.05) is 30.3 Å². The van der Waals surface area contributed by atoms with Gasteiger partial charge in [0, 0.05) is 12.6 Å². The summed E-state index contributed by atoms with van der Waals surface area (Å²) in [6.45, 7) is 0.768. The van der Waals surface area contributed by atoms with Gasteiger partial charge in [-0.2, -0.15) is 0 Å². The van der Waals surface area contributed by atoms with Crippen LogP contribution in [0.25, 0.3) is 0 Å². The predicted octanol–water partition coefficient (Wildman–Crippen LogP) is 2.85. The molecule has 0 aliphatic carbocycles. The third-order valence-corrected chi connectivity index (χ3v) is 2.38. The van der Waals surface area contributed by atoms with Gasteiger partial charge in [0.2, 0.25) is 0 Å². The highest BCUT2D eigenvalue weighted by Crippen LogP contribution is 2.10. The molecule has 0 saturated carbocycles. The van der Waals surface area contributed by atoms with Crippen LogP contribution in [-0.4, -0.2) is 9.97 Å². The van der Waals surface area contributed by atoms with E-state index >= 15 is 0 Å². The van der Waals surface area contributed by atoms with Crippen LogP contribution in [0, 0.1) is 0 Å². The van der Waals surface area contributed by atoms with Gasteiger partial charge in [-0.25, -0.2) is 9.97 Å². The quantitative estimate of drug-likeness (QED) is 0.866. The normalized spacial score (nSPS) is 9.93. The van der Waals surface area contributed by atoms with Crippen molar-refractivity contribution in [3.63, 3.8) is 0 Å². The van der Waals surface area contributed by atoms with Gasteiger partial charge in [0.25, 0.3) is 0 Å². The molecule has 1 aromatic carbocycles. The summed E-state index contributed by atoms with van der Waals surface area (Å²) in [5.41, 5.74) is 1.23. The zero-order chi connectivity index (χ0) is 10.5. The molecule has 1 heterocycles. The van der Waals surface area contributed by atoms with Gasteiger partial charge >= 0.3 is 0 Å². The number of anilines is 1. The first-order chi connectivity index (χ1) is 7.34. The number of aromatic nitrogens is 2. The lowest BCUT2D eigenvalue weighted by Gasteiger charge is -2.04. The van der Waals surface area contributed by atoms with E-state index in [1.807, 2.05) is 24.3 Å². The minimum absolute atomic E-state index is 0.768. The first-order valence-corrected chi connectivity index (χ1v) is 5.39. The number of benzene rings is 1. The zero-order valence-electron chi connectivity index (χ0n) is 8.02. The van der Waals surface area contributed by atoms with Gasteiger partial charge in [-0.3, -0.25) is 0 Å². The van der Waals surface area contributed by atoms with Crippen molar-refractivity contribution in [2.24, 2.45) is 0 Å². The molecule has 0 unspecified atom stereocenters. The van der Waals surface area contributed by atoms with Crippen LogP contribution >= 0.6 is 15.9 Å². The molecular formula is C11H10BrN3. The number of halogens is 1. The van der Waals surface area contributed by atoms with E-state index in [-0.39, 0.29) is 0 Å².